The van der Waals surface area contributed by atoms with Gasteiger partial charge in [-0.2, -0.15) is 5.26 Å². The molecule has 1 aromatic heterocycles. The van der Waals surface area contributed by atoms with Crippen molar-refractivity contribution in [1.82, 2.24) is 5.32 Å². The molecule has 0 unspecified atom stereocenters. The second-order valence-corrected chi connectivity index (χ2v) is 8.23. The summed E-state index contributed by atoms with van der Waals surface area (Å²) < 4.78 is 0. The Kier molecular flexibility index (Phi) is 5.85. The predicted octanol–water partition coefficient (Wildman–Crippen LogP) is 4.28. The van der Waals surface area contributed by atoms with E-state index in [9.17, 15) is 10.1 Å². The Morgan fingerprint density at radius 3 is 2.79 bits per heavy atom. The lowest BCUT2D eigenvalue weighted by Crippen LogP contribution is -2.34. The Hall–Kier alpha value is -1.45. The van der Waals surface area contributed by atoms with Gasteiger partial charge in [-0.05, 0) is 49.4 Å². The van der Waals surface area contributed by atoms with Gasteiger partial charge in [-0.3, -0.25) is 4.79 Å². The molecule has 4 nitrogen and oxygen atoms in total. The Morgan fingerprint density at radius 2 is 2.04 bits per heavy atom. The average Bonchev–Trinajstić information content (AvgIpc) is 3.14. The largest absolute Gasteiger partial charge is 0.323 e. The summed E-state index contributed by atoms with van der Waals surface area (Å²) in [4.78, 5) is 13.4. The number of thiophene rings is 1. The first-order valence-corrected chi connectivity index (χ1v) is 10.1. The number of fused-ring (bicyclic) bond motifs is 1. The van der Waals surface area contributed by atoms with Gasteiger partial charge in [0, 0.05) is 11.3 Å². The van der Waals surface area contributed by atoms with E-state index in [0.717, 1.165) is 36.2 Å². The first kappa shape index (κ1) is 17.4. The highest BCUT2D eigenvalue weighted by Gasteiger charge is 2.23. The quantitative estimate of drug-likeness (QED) is 0.786. The van der Waals surface area contributed by atoms with Gasteiger partial charge < -0.3 is 10.6 Å². The molecule has 1 aromatic rings. The fourth-order valence-electron chi connectivity index (χ4n) is 3.75. The molecule has 0 saturated heterocycles. The van der Waals surface area contributed by atoms with E-state index in [4.69, 9.17) is 12.2 Å². The van der Waals surface area contributed by atoms with E-state index in [1.807, 2.05) is 0 Å². The van der Waals surface area contributed by atoms with Crippen molar-refractivity contribution in [3.05, 3.63) is 16.0 Å². The summed E-state index contributed by atoms with van der Waals surface area (Å²) in [6, 6.07) is 2.28. The van der Waals surface area contributed by atoms with Crippen molar-refractivity contribution >= 4 is 39.6 Å². The number of carbonyl (C=O) groups is 1. The third-order valence-electron chi connectivity index (χ3n) is 5.02. The summed E-state index contributed by atoms with van der Waals surface area (Å²) in [5.41, 5.74) is 1.86. The third-order valence-corrected chi connectivity index (χ3v) is 6.43. The summed E-state index contributed by atoms with van der Waals surface area (Å²) in [6.07, 6.45) is 11.0. The zero-order valence-electron chi connectivity index (χ0n) is 13.8. The molecule has 0 spiro atoms. The zero-order chi connectivity index (χ0) is 16.9. The van der Waals surface area contributed by atoms with Crippen molar-refractivity contribution in [3.8, 4) is 6.07 Å². The molecular weight excluding hydrogens is 338 g/mol. The van der Waals surface area contributed by atoms with Crippen LogP contribution in [0.4, 0.5) is 5.00 Å². The summed E-state index contributed by atoms with van der Waals surface area (Å²) in [6.45, 7) is 0. The minimum atomic E-state index is -0.0271. The molecule has 1 amide bonds. The van der Waals surface area contributed by atoms with Crippen molar-refractivity contribution < 1.29 is 4.79 Å². The van der Waals surface area contributed by atoms with Crippen LogP contribution in [0.1, 0.15) is 67.4 Å². The molecule has 0 radical (unpaired) electrons. The molecule has 6 heteroatoms. The SMILES string of the molecule is N#Cc1c(NC(=S)NC(=O)CCC2CCCCC2)sc2c1CCC2. The zero-order valence-corrected chi connectivity index (χ0v) is 15.5. The number of nitrogens with one attached hydrogen (secondary N) is 2. The van der Waals surface area contributed by atoms with Crippen LogP contribution in [-0.4, -0.2) is 11.0 Å². The second-order valence-electron chi connectivity index (χ2n) is 6.72. The van der Waals surface area contributed by atoms with Crippen molar-refractivity contribution in [1.29, 1.82) is 5.26 Å². The van der Waals surface area contributed by atoms with Crippen LogP contribution in [0.25, 0.3) is 0 Å². The predicted molar refractivity (Wildman–Crippen MR) is 101 cm³/mol. The highest BCUT2D eigenvalue weighted by atomic mass is 32.1. The van der Waals surface area contributed by atoms with Crippen LogP contribution in [0, 0.1) is 17.2 Å². The smallest absolute Gasteiger partial charge is 0.226 e. The summed E-state index contributed by atoms with van der Waals surface area (Å²) in [5.74, 6) is 0.664. The Labute approximate surface area is 152 Å². The minimum absolute atomic E-state index is 0.0271. The number of nitriles is 1. The molecule has 24 heavy (non-hydrogen) atoms. The topological polar surface area (TPSA) is 64.9 Å². The van der Waals surface area contributed by atoms with Crippen LogP contribution in [0.5, 0.6) is 0 Å². The first-order valence-electron chi connectivity index (χ1n) is 8.83. The fraction of sp³-hybridized carbons (Fsp3) is 0.611. The lowest BCUT2D eigenvalue weighted by atomic mass is 9.86. The number of nitrogens with zero attached hydrogens (tertiary/aromatic N) is 1. The van der Waals surface area contributed by atoms with E-state index in [1.165, 1.54) is 37.0 Å². The molecule has 2 aliphatic carbocycles. The van der Waals surface area contributed by atoms with E-state index in [0.29, 0.717) is 23.0 Å². The average molecular weight is 362 g/mol. The number of amides is 1. The highest BCUT2D eigenvalue weighted by Crippen LogP contribution is 2.38. The molecular formula is C18H23N3OS2. The molecule has 2 N–H and O–H groups in total. The van der Waals surface area contributed by atoms with Gasteiger partial charge in [0.15, 0.2) is 5.11 Å². The summed E-state index contributed by atoms with van der Waals surface area (Å²) in [7, 11) is 0. The summed E-state index contributed by atoms with van der Waals surface area (Å²) >= 11 is 6.84. The Bertz CT molecular complexity index is 669. The van der Waals surface area contributed by atoms with Gasteiger partial charge in [0.2, 0.25) is 5.91 Å². The van der Waals surface area contributed by atoms with Gasteiger partial charge in [-0.1, -0.05) is 32.1 Å². The normalized spacial score (nSPS) is 17.1. The van der Waals surface area contributed by atoms with Crippen LogP contribution >= 0.6 is 23.6 Å². The van der Waals surface area contributed by atoms with Crippen LogP contribution in [-0.2, 0) is 17.6 Å². The van der Waals surface area contributed by atoms with E-state index >= 15 is 0 Å². The maximum absolute atomic E-state index is 12.1. The minimum Gasteiger partial charge on any atom is -0.323 e. The molecule has 0 atom stereocenters. The lowest BCUT2D eigenvalue weighted by Gasteiger charge is -2.21. The van der Waals surface area contributed by atoms with Crippen molar-refractivity contribution in [2.45, 2.75) is 64.2 Å². The first-order chi connectivity index (χ1) is 11.7. The van der Waals surface area contributed by atoms with Gasteiger partial charge >= 0.3 is 0 Å². The third kappa shape index (κ3) is 4.14. The monoisotopic (exact) mass is 361 g/mol. The maximum Gasteiger partial charge on any atom is 0.226 e. The molecule has 1 saturated carbocycles. The summed E-state index contributed by atoms with van der Waals surface area (Å²) in [5, 5.41) is 16.3. The molecule has 0 aliphatic heterocycles. The van der Waals surface area contributed by atoms with E-state index in [-0.39, 0.29) is 5.91 Å². The molecule has 0 aromatic carbocycles. The van der Waals surface area contributed by atoms with Gasteiger partial charge in [-0.25, -0.2) is 0 Å². The van der Waals surface area contributed by atoms with Gasteiger partial charge in [0.1, 0.15) is 11.1 Å². The van der Waals surface area contributed by atoms with E-state index in [2.05, 4.69) is 16.7 Å². The second kappa shape index (κ2) is 8.09. The number of thiocarbonyl (C=S) groups is 1. The fourth-order valence-corrected chi connectivity index (χ4v) is 5.27. The van der Waals surface area contributed by atoms with Crippen molar-refractivity contribution in [3.63, 3.8) is 0 Å². The number of hydrogen-bond donors (Lipinski definition) is 2. The molecule has 2 aliphatic rings. The van der Waals surface area contributed by atoms with E-state index in [1.54, 1.807) is 11.3 Å². The molecule has 128 valence electrons. The van der Waals surface area contributed by atoms with Crippen LogP contribution in [0.3, 0.4) is 0 Å². The number of hydrogen-bond acceptors (Lipinski definition) is 4. The lowest BCUT2D eigenvalue weighted by molar-refractivity contribution is -0.120. The molecule has 1 heterocycles. The number of aryl methyl sites for hydroxylation is 1. The number of carbonyl (C=O) groups excluding carboxylic acids is 1. The van der Waals surface area contributed by atoms with Gasteiger partial charge in [-0.15, -0.1) is 11.3 Å². The van der Waals surface area contributed by atoms with Crippen LogP contribution < -0.4 is 10.6 Å². The molecule has 1 fully saturated rings. The van der Waals surface area contributed by atoms with Crippen LogP contribution in [0.15, 0.2) is 0 Å². The van der Waals surface area contributed by atoms with Crippen molar-refractivity contribution in [2.75, 3.05) is 5.32 Å². The molecule has 0 bridgehead atoms. The Balaban J connectivity index is 1.49. The number of rotatable bonds is 4. The standard InChI is InChI=1S/C18H23N3OS2/c19-11-14-13-7-4-8-15(13)24-17(14)21-18(23)20-16(22)10-9-12-5-2-1-3-6-12/h12H,1-10H2,(H2,20,21,22,23). The van der Waals surface area contributed by atoms with Crippen molar-refractivity contribution in [2.24, 2.45) is 5.92 Å². The van der Waals surface area contributed by atoms with Gasteiger partial charge in [0.25, 0.3) is 0 Å². The molecule has 3 rings (SSSR count). The van der Waals surface area contributed by atoms with Crippen LogP contribution in [0.2, 0.25) is 0 Å². The Morgan fingerprint density at radius 1 is 1.25 bits per heavy atom. The maximum atomic E-state index is 12.1. The van der Waals surface area contributed by atoms with Gasteiger partial charge in [0.05, 0.1) is 5.56 Å². The highest BCUT2D eigenvalue weighted by molar-refractivity contribution is 7.80. The number of anilines is 1. The van der Waals surface area contributed by atoms with E-state index < -0.39 is 0 Å².